The number of H-pyrrole nitrogens is 1. The highest BCUT2D eigenvalue weighted by Crippen LogP contribution is 2.53. The molecule has 0 bridgehead atoms. The number of rotatable bonds is 9. The van der Waals surface area contributed by atoms with Crippen molar-refractivity contribution in [2.24, 2.45) is 5.92 Å². The number of hydrogen-bond acceptors (Lipinski definition) is 0. The Morgan fingerprint density at radius 3 is 1.63 bits per heavy atom. The number of benzene rings is 5. The van der Waals surface area contributed by atoms with Crippen LogP contribution in [-0.2, 0) is 0 Å². The SMILES string of the molecule is FB(F)[N+]1=C(c2ccccc2)C(c2ccc(F)cc2F)=C(C2CCCCC2)/C1=C(\c1ccccc1)c1[nH]c(-c2ccccc2)c(-c2ccc(F)cc2F)c1C1CCCCC1. The number of nitrogens with one attached hydrogen (secondary N) is 1. The largest absolute Gasteiger partial charge is 0.935 e. The maximum atomic E-state index is 16.7. The summed E-state index contributed by atoms with van der Waals surface area (Å²) in [4.78, 5) is 3.75. The van der Waals surface area contributed by atoms with Crippen molar-refractivity contribution in [3.05, 3.63) is 190 Å². The molecule has 60 heavy (non-hydrogen) atoms. The lowest BCUT2D eigenvalue weighted by molar-refractivity contribution is -0.342. The third kappa shape index (κ3) is 7.37. The third-order valence-electron chi connectivity index (χ3n) is 12.6. The first-order valence-corrected chi connectivity index (χ1v) is 21.1. The minimum atomic E-state index is -3.09. The van der Waals surface area contributed by atoms with Crippen LogP contribution in [0, 0.1) is 29.2 Å². The summed E-state index contributed by atoms with van der Waals surface area (Å²) in [5.41, 5.74) is 6.37. The molecule has 2 heterocycles. The highest BCUT2D eigenvalue weighted by atomic mass is 19.2. The Balaban J connectivity index is 1.51. The van der Waals surface area contributed by atoms with Crippen molar-refractivity contribution >= 4 is 24.3 Å². The van der Waals surface area contributed by atoms with Gasteiger partial charge in [-0.05, 0) is 90.6 Å². The predicted octanol–water partition coefficient (Wildman–Crippen LogP) is 14.2. The summed E-state index contributed by atoms with van der Waals surface area (Å²) < 4.78 is 96.6. The van der Waals surface area contributed by atoms with Gasteiger partial charge in [-0.2, -0.15) is 0 Å². The summed E-state index contributed by atoms with van der Waals surface area (Å²) in [5, 5.41) is 0. The Bertz CT molecular complexity index is 2620. The molecule has 2 fully saturated rings. The van der Waals surface area contributed by atoms with Gasteiger partial charge in [-0.1, -0.05) is 117 Å². The van der Waals surface area contributed by atoms with Crippen LogP contribution >= 0.6 is 0 Å². The predicted molar refractivity (Wildman–Crippen MR) is 229 cm³/mol. The van der Waals surface area contributed by atoms with E-state index in [0.717, 1.165) is 79.1 Å². The summed E-state index contributed by atoms with van der Waals surface area (Å²) in [5.74, 6) is -3.38. The van der Waals surface area contributed by atoms with Gasteiger partial charge in [0.05, 0.1) is 22.5 Å². The third-order valence-corrected chi connectivity index (χ3v) is 12.6. The van der Waals surface area contributed by atoms with E-state index in [1.807, 2.05) is 60.7 Å². The number of aromatic amines is 1. The van der Waals surface area contributed by atoms with Gasteiger partial charge in [0.1, 0.15) is 23.3 Å². The topological polar surface area (TPSA) is 18.8 Å². The van der Waals surface area contributed by atoms with Gasteiger partial charge < -0.3 is 4.98 Å². The van der Waals surface area contributed by atoms with E-state index in [9.17, 15) is 8.78 Å². The minimum Gasteiger partial charge on any atom is -0.354 e. The number of allylic oxidation sites excluding steroid dienone is 2. The molecule has 0 atom stereocenters. The van der Waals surface area contributed by atoms with Gasteiger partial charge in [0.2, 0.25) is 5.71 Å². The summed E-state index contributed by atoms with van der Waals surface area (Å²) in [6.45, 7) is 0. The van der Waals surface area contributed by atoms with Gasteiger partial charge in [0.15, 0.2) is 5.70 Å². The zero-order valence-corrected chi connectivity index (χ0v) is 33.1. The van der Waals surface area contributed by atoms with Gasteiger partial charge in [-0.25, -0.2) is 30.7 Å². The van der Waals surface area contributed by atoms with E-state index in [-0.39, 0.29) is 34.4 Å². The van der Waals surface area contributed by atoms with Crippen LogP contribution in [0.5, 0.6) is 0 Å². The summed E-state index contributed by atoms with van der Waals surface area (Å²) >= 11 is 0. The van der Waals surface area contributed by atoms with Gasteiger partial charge in [0.25, 0.3) is 0 Å². The van der Waals surface area contributed by atoms with Crippen LogP contribution in [0.15, 0.2) is 139 Å². The average Bonchev–Trinajstić information content (AvgIpc) is 3.83. The highest BCUT2D eigenvalue weighted by molar-refractivity contribution is 6.42. The molecule has 0 spiro atoms. The number of halogens is 6. The maximum absolute atomic E-state index is 16.7. The van der Waals surface area contributed by atoms with Crippen molar-refractivity contribution < 1.29 is 30.7 Å². The van der Waals surface area contributed by atoms with E-state index in [1.54, 1.807) is 30.3 Å². The Morgan fingerprint density at radius 2 is 1.08 bits per heavy atom. The van der Waals surface area contributed by atoms with Crippen molar-refractivity contribution in [1.82, 2.24) is 4.98 Å². The fourth-order valence-electron chi connectivity index (χ4n) is 10.0. The molecule has 1 aliphatic heterocycles. The van der Waals surface area contributed by atoms with Gasteiger partial charge in [-0.3, -0.25) is 0 Å². The van der Waals surface area contributed by atoms with E-state index in [0.29, 0.717) is 57.6 Å². The molecular weight excluding hydrogens is 765 g/mol. The van der Waals surface area contributed by atoms with E-state index >= 15 is 17.4 Å². The van der Waals surface area contributed by atoms with Crippen LogP contribution in [0.2, 0.25) is 0 Å². The van der Waals surface area contributed by atoms with Crippen LogP contribution in [-0.4, -0.2) is 22.6 Å². The highest BCUT2D eigenvalue weighted by Gasteiger charge is 2.53. The fraction of sp³-hybridized carbons (Fsp3) is 0.235. The first-order valence-electron chi connectivity index (χ1n) is 21.1. The second-order valence-electron chi connectivity index (χ2n) is 16.2. The van der Waals surface area contributed by atoms with E-state index in [4.69, 9.17) is 0 Å². The van der Waals surface area contributed by atoms with E-state index in [2.05, 4.69) is 4.98 Å². The molecule has 1 N–H and O–H groups in total. The molecule has 9 heteroatoms. The zero-order valence-electron chi connectivity index (χ0n) is 33.1. The Labute approximate surface area is 347 Å². The van der Waals surface area contributed by atoms with Crippen molar-refractivity contribution in [3.63, 3.8) is 0 Å². The smallest absolute Gasteiger partial charge is 0.354 e. The van der Waals surface area contributed by atoms with Crippen molar-refractivity contribution in [1.29, 1.82) is 0 Å². The van der Waals surface area contributed by atoms with Crippen LogP contribution in [0.25, 0.3) is 33.5 Å². The lowest BCUT2D eigenvalue weighted by Crippen LogP contribution is -2.28. The number of aromatic nitrogens is 1. The fourth-order valence-corrected chi connectivity index (χ4v) is 10.0. The minimum absolute atomic E-state index is 0.0434. The Morgan fingerprint density at radius 1 is 0.567 bits per heavy atom. The second-order valence-corrected chi connectivity index (χ2v) is 16.2. The first-order chi connectivity index (χ1) is 29.3. The van der Waals surface area contributed by atoms with Crippen LogP contribution in [0.4, 0.5) is 26.2 Å². The number of hydrogen-bond donors (Lipinski definition) is 1. The summed E-state index contributed by atoms with van der Waals surface area (Å²) in [6, 6.07) is 34.7. The molecular formula is C51H44BF6N2+. The monoisotopic (exact) mass is 809 g/mol. The van der Waals surface area contributed by atoms with Crippen molar-refractivity contribution in [3.8, 4) is 22.4 Å². The molecule has 5 aromatic carbocycles. The second kappa shape index (κ2) is 17.0. The van der Waals surface area contributed by atoms with E-state index in [1.165, 1.54) is 24.3 Å². The van der Waals surface area contributed by atoms with Crippen LogP contribution in [0.3, 0.4) is 0 Å². The molecule has 2 aliphatic carbocycles. The molecule has 2 nitrogen and oxygen atoms in total. The normalized spacial score (nSPS) is 17.4. The molecule has 0 radical (unpaired) electrons. The summed E-state index contributed by atoms with van der Waals surface area (Å²) in [6.07, 6.45) is 8.53. The molecule has 302 valence electrons. The van der Waals surface area contributed by atoms with Gasteiger partial charge in [-0.15, -0.1) is 0 Å². The average molecular weight is 810 g/mol. The molecule has 9 rings (SSSR count). The van der Waals surface area contributed by atoms with E-state index < -0.39 is 30.7 Å². The first kappa shape index (κ1) is 39.6. The van der Waals surface area contributed by atoms with Crippen molar-refractivity contribution in [2.75, 3.05) is 0 Å². The zero-order chi connectivity index (χ0) is 41.3. The van der Waals surface area contributed by atoms with Crippen LogP contribution < -0.4 is 0 Å². The lowest BCUT2D eigenvalue weighted by Gasteiger charge is -2.27. The van der Waals surface area contributed by atoms with Gasteiger partial charge in [0, 0.05) is 40.0 Å². The molecule has 6 aromatic rings. The maximum Gasteiger partial charge on any atom is 0.935 e. The molecule has 0 unspecified atom stereocenters. The van der Waals surface area contributed by atoms with Crippen molar-refractivity contribution in [2.45, 2.75) is 70.1 Å². The van der Waals surface area contributed by atoms with Gasteiger partial charge >= 0.3 is 7.40 Å². The molecule has 1 aromatic heterocycles. The molecule has 2 saturated carbocycles. The molecule has 0 amide bonds. The number of nitrogens with zero attached hydrogens (tertiary/aromatic N) is 1. The molecule has 3 aliphatic rings. The molecule has 0 saturated heterocycles. The van der Waals surface area contributed by atoms with Crippen LogP contribution in [0.1, 0.15) is 98.1 Å². The summed E-state index contributed by atoms with van der Waals surface area (Å²) in [7, 11) is -3.09. The lowest BCUT2D eigenvalue weighted by atomic mass is 9.76. The quantitative estimate of drug-likeness (QED) is 0.111. The Kier molecular flexibility index (Phi) is 11.3. The standard InChI is InChI=1S/C51H43BF6N2/c53-37-26-28-39(41(55)30-37)46-43(32-16-6-1-7-17-32)49(59-48(46)35-22-12-4-13-23-35)45(34-20-10-3-11-21-34)51-44(33-18-8-2-9-19-33)47(40-29-27-38(54)31-42(40)56)50(60(51)52(57)58)36-24-14-5-15-25-36/h3-5,10-15,20-33H,1-2,6-9,16-19H2/p+1. The Hall–Kier alpha value is -5.83.